The molecule has 5 heteroatoms. The van der Waals surface area contributed by atoms with E-state index >= 15 is 0 Å². The van der Waals surface area contributed by atoms with Gasteiger partial charge in [-0.25, -0.2) is 0 Å². The molecule has 0 saturated carbocycles. The smallest absolute Gasteiger partial charge is 0.310 e. The van der Waals surface area contributed by atoms with Crippen molar-refractivity contribution in [3.05, 3.63) is 64.7 Å². The van der Waals surface area contributed by atoms with Crippen LogP contribution in [0, 0.1) is 13.8 Å². The standard InChI is InChI=1S/C20H23NO4/c1-14-8-9-18(24-3)17(10-14)11-20(23)25-13-19(22)21-12-16-7-5-4-6-15(16)2/h4-10H,11-13H2,1-3H3,(H,21,22). The maximum absolute atomic E-state index is 12.0. The third-order valence-electron chi connectivity index (χ3n) is 3.87. The number of carbonyl (C=O) groups excluding carboxylic acids is 2. The van der Waals surface area contributed by atoms with E-state index in [0.717, 1.165) is 22.3 Å². The minimum Gasteiger partial charge on any atom is -0.496 e. The fourth-order valence-electron chi connectivity index (χ4n) is 2.45. The number of carbonyl (C=O) groups is 2. The summed E-state index contributed by atoms with van der Waals surface area (Å²) in [6, 6.07) is 13.4. The van der Waals surface area contributed by atoms with Gasteiger partial charge in [0.2, 0.25) is 0 Å². The molecule has 0 aromatic heterocycles. The molecule has 0 spiro atoms. The maximum Gasteiger partial charge on any atom is 0.310 e. The quantitative estimate of drug-likeness (QED) is 0.787. The van der Waals surface area contributed by atoms with Crippen molar-refractivity contribution in [2.75, 3.05) is 13.7 Å². The Kier molecular flexibility index (Phi) is 6.57. The molecule has 0 unspecified atom stereocenters. The van der Waals surface area contributed by atoms with Crippen LogP contribution in [0.1, 0.15) is 22.3 Å². The van der Waals surface area contributed by atoms with Gasteiger partial charge in [-0.15, -0.1) is 0 Å². The van der Waals surface area contributed by atoms with Crippen LogP contribution in [0.3, 0.4) is 0 Å². The van der Waals surface area contributed by atoms with Crippen LogP contribution in [0.5, 0.6) is 5.75 Å². The molecule has 0 heterocycles. The minimum absolute atomic E-state index is 0.0654. The zero-order valence-corrected chi connectivity index (χ0v) is 14.8. The molecule has 0 aliphatic carbocycles. The third-order valence-corrected chi connectivity index (χ3v) is 3.87. The van der Waals surface area contributed by atoms with Gasteiger partial charge in [0.15, 0.2) is 6.61 Å². The van der Waals surface area contributed by atoms with Crippen molar-refractivity contribution < 1.29 is 19.1 Å². The Balaban J connectivity index is 1.81. The van der Waals surface area contributed by atoms with Gasteiger partial charge in [-0.05, 0) is 31.0 Å². The van der Waals surface area contributed by atoms with Gasteiger partial charge in [-0.2, -0.15) is 0 Å². The van der Waals surface area contributed by atoms with Crippen LogP contribution in [0.15, 0.2) is 42.5 Å². The first kappa shape index (κ1) is 18.5. The molecular formula is C20H23NO4. The van der Waals surface area contributed by atoms with E-state index in [4.69, 9.17) is 9.47 Å². The molecule has 0 aliphatic rings. The molecule has 2 rings (SSSR count). The van der Waals surface area contributed by atoms with E-state index in [0.29, 0.717) is 12.3 Å². The van der Waals surface area contributed by atoms with Gasteiger partial charge in [0, 0.05) is 12.1 Å². The topological polar surface area (TPSA) is 64.6 Å². The van der Waals surface area contributed by atoms with Gasteiger partial charge in [0.05, 0.1) is 13.5 Å². The largest absolute Gasteiger partial charge is 0.496 e. The molecule has 5 nitrogen and oxygen atoms in total. The molecule has 0 aliphatic heterocycles. The molecule has 1 N–H and O–H groups in total. The molecule has 2 aromatic carbocycles. The minimum atomic E-state index is -0.463. The average Bonchev–Trinajstić information content (AvgIpc) is 2.59. The van der Waals surface area contributed by atoms with Gasteiger partial charge in [0.1, 0.15) is 5.75 Å². The van der Waals surface area contributed by atoms with Crippen LogP contribution < -0.4 is 10.1 Å². The lowest BCUT2D eigenvalue weighted by Crippen LogP contribution is -2.29. The fourth-order valence-corrected chi connectivity index (χ4v) is 2.45. The first-order valence-electron chi connectivity index (χ1n) is 8.10. The van der Waals surface area contributed by atoms with Gasteiger partial charge in [-0.3, -0.25) is 9.59 Å². The van der Waals surface area contributed by atoms with Crippen LogP contribution >= 0.6 is 0 Å². The van der Waals surface area contributed by atoms with Crippen molar-refractivity contribution in [1.29, 1.82) is 0 Å². The summed E-state index contributed by atoms with van der Waals surface area (Å²) in [5.41, 5.74) is 3.91. The van der Waals surface area contributed by atoms with E-state index in [1.807, 2.05) is 56.3 Å². The monoisotopic (exact) mass is 341 g/mol. The van der Waals surface area contributed by atoms with Gasteiger partial charge < -0.3 is 14.8 Å². The molecular weight excluding hydrogens is 318 g/mol. The Hall–Kier alpha value is -2.82. The zero-order chi connectivity index (χ0) is 18.2. The number of rotatable bonds is 7. The summed E-state index contributed by atoms with van der Waals surface area (Å²) in [6.07, 6.45) is 0.0654. The normalized spacial score (nSPS) is 10.2. The van der Waals surface area contributed by atoms with Crippen LogP contribution in [0.2, 0.25) is 0 Å². The molecule has 25 heavy (non-hydrogen) atoms. The van der Waals surface area contributed by atoms with Crippen molar-refractivity contribution >= 4 is 11.9 Å². The third kappa shape index (κ3) is 5.64. The number of amides is 1. The van der Waals surface area contributed by atoms with Crippen molar-refractivity contribution in [2.45, 2.75) is 26.8 Å². The number of ether oxygens (including phenoxy) is 2. The lowest BCUT2D eigenvalue weighted by molar-refractivity contribution is -0.147. The number of benzene rings is 2. The van der Waals surface area contributed by atoms with Crippen LogP contribution in [-0.2, 0) is 27.3 Å². The van der Waals surface area contributed by atoms with Crippen LogP contribution in [0.25, 0.3) is 0 Å². The van der Waals surface area contributed by atoms with E-state index in [2.05, 4.69) is 5.32 Å². The van der Waals surface area contributed by atoms with Gasteiger partial charge >= 0.3 is 5.97 Å². The highest BCUT2D eigenvalue weighted by Crippen LogP contribution is 2.20. The van der Waals surface area contributed by atoms with E-state index in [1.54, 1.807) is 7.11 Å². The predicted molar refractivity (Wildman–Crippen MR) is 95.4 cm³/mol. The molecule has 1 amide bonds. The molecule has 2 aromatic rings. The summed E-state index contributed by atoms with van der Waals surface area (Å²) in [7, 11) is 1.55. The second kappa shape index (κ2) is 8.87. The molecule has 132 valence electrons. The van der Waals surface area contributed by atoms with Crippen LogP contribution in [-0.4, -0.2) is 25.6 Å². The summed E-state index contributed by atoms with van der Waals surface area (Å²) >= 11 is 0. The second-order valence-corrected chi connectivity index (χ2v) is 5.86. The highest BCUT2D eigenvalue weighted by Gasteiger charge is 2.12. The number of nitrogens with one attached hydrogen (secondary N) is 1. The molecule has 0 bridgehead atoms. The summed E-state index contributed by atoms with van der Waals surface area (Å²) in [5.74, 6) is -0.158. The summed E-state index contributed by atoms with van der Waals surface area (Å²) in [4.78, 5) is 23.8. The van der Waals surface area contributed by atoms with E-state index in [-0.39, 0.29) is 18.9 Å². The Labute approximate surface area is 148 Å². The first-order chi connectivity index (χ1) is 12.0. The van der Waals surface area contributed by atoms with Crippen molar-refractivity contribution in [3.63, 3.8) is 0 Å². The van der Waals surface area contributed by atoms with Crippen LogP contribution in [0.4, 0.5) is 0 Å². The maximum atomic E-state index is 12.0. The summed E-state index contributed by atoms with van der Waals surface area (Å²) in [5, 5.41) is 2.75. The highest BCUT2D eigenvalue weighted by atomic mass is 16.5. The number of esters is 1. The number of methoxy groups -OCH3 is 1. The lowest BCUT2D eigenvalue weighted by Gasteiger charge is -2.10. The average molecular weight is 341 g/mol. The van der Waals surface area contributed by atoms with E-state index in [1.165, 1.54) is 0 Å². The van der Waals surface area contributed by atoms with E-state index in [9.17, 15) is 9.59 Å². The number of hydrogen-bond donors (Lipinski definition) is 1. The predicted octanol–water partition coefficient (Wildman–Crippen LogP) is 2.71. The summed E-state index contributed by atoms with van der Waals surface area (Å²) < 4.78 is 10.3. The number of aryl methyl sites for hydroxylation is 2. The SMILES string of the molecule is COc1ccc(C)cc1CC(=O)OCC(=O)NCc1ccccc1C. The Morgan fingerprint density at radius 2 is 1.80 bits per heavy atom. The first-order valence-corrected chi connectivity index (χ1v) is 8.10. The molecule has 0 radical (unpaired) electrons. The second-order valence-electron chi connectivity index (χ2n) is 5.86. The number of hydrogen-bond acceptors (Lipinski definition) is 4. The Morgan fingerprint density at radius 3 is 2.52 bits per heavy atom. The van der Waals surface area contributed by atoms with Crippen molar-refractivity contribution in [1.82, 2.24) is 5.32 Å². The Bertz CT molecular complexity index is 755. The summed E-state index contributed by atoms with van der Waals surface area (Å²) in [6.45, 7) is 4.04. The van der Waals surface area contributed by atoms with Crippen molar-refractivity contribution in [2.24, 2.45) is 0 Å². The van der Waals surface area contributed by atoms with E-state index < -0.39 is 5.97 Å². The highest BCUT2D eigenvalue weighted by molar-refractivity contribution is 5.81. The lowest BCUT2D eigenvalue weighted by atomic mass is 10.1. The zero-order valence-electron chi connectivity index (χ0n) is 14.8. The fraction of sp³-hybridized carbons (Fsp3) is 0.300. The molecule has 0 fully saturated rings. The van der Waals surface area contributed by atoms with Gasteiger partial charge in [-0.1, -0.05) is 42.0 Å². The van der Waals surface area contributed by atoms with Gasteiger partial charge in [0.25, 0.3) is 5.91 Å². The van der Waals surface area contributed by atoms with Crippen molar-refractivity contribution in [3.8, 4) is 5.75 Å². The Morgan fingerprint density at radius 1 is 1.04 bits per heavy atom. The molecule has 0 atom stereocenters. The molecule has 0 saturated heterocycles.